The van der Waals surface area contributed by atoms with E-state index in [1.165, 1.54) is 5.56 Å². The van der Waals surface area contributed by atoms with Crippen molar-refractivity contribution in [2.75, 3.05) is 14.1 Å². The van der Waals surface area contributed by atoms with Gasteiger partial charge >= 0.3 is 0 Å². The van der Waals surface area contributed by atoms with E-state index < -0.39 is 0 Å². The third-order valence-corrected chi connectivity index (χ3v) is 5.28. The summed E-state index contributed by atoms with van der Waals surface area (Å²) >= 11 is 0. The maximum Gasteiger partial charge on any atom is 0.220 e. The molecule has 2 heterocycles. The van der Waals surface area contributed by atoms with Crippen LogP contribution in [0.5, 0.6) is 0 Å². The van der Waals surface area contributed by atoms with Crippen molar-refractivity contribution in [1.29, 1.82) is 0 Å². The Labute approximate surface area is 108 Å². The molecule has 1 aromatic rings. The van der Waals surface area contributed by atoms with Gasteiger partial charge in [0.2, 0.25) is 5.78 Å². The minimum Gasteiger partial charge on any atom is -0.313 e. The molecule has 1 fully saturated rings. The second-order valence-electron chi connectivity index (χ2n) is 6.38. The Balaban J connectivity index is 2.01. The normalized spacial score (nSPS) is 38.7. The Bertz CT molecular complexity index is 572. The first-order valence-corrected chi connectivity index (χ1v) is 6.75. The fraction of sp³-hybridized carbons (Fsp3) is 0.438. The molecule has 0 saturated carbocycles. The zero-order chi connectivity index (χ0) is 12.5. The van der Waals surface area contributed by atoms with E-state index in [0.717, 1.165) is 16.5 Å². The first-order chi connectivity index (χ1) is 8.62. The molecule has 3 aliphatic rings. The SMILES string of the molecule is C[N+]1(C)C2C(=O)c3ccccc3C1[C@@H]1C=CC[C@H]21. The zero-order valence-electron chi connectivity index (χ0n) is 10.8. The predicted molar refractivity (Wildman–Crippen MR) is 70.1 cm³/mol. The standard InChI is InChI=1S/C16H18NO/c1-17(2)14-10-8-5-9-11(10)15(17)16(18)13-7-4-3-6-12(13)14/h3-8,10-11,14-15H,9H2,1-2H3/q+1/t10-,11+,14?,15?/m1/s1. The number of fused-ring (bicyclic) bond motifs is 7. The van der Waals surface area contributed by atoms with E-state index in [4.69, 9.17) is 0 Å². The van der Waals surface area contributed by atoms with Crippen LogP contribution in [-0.2, 0) is 0 Å². The van der Waals surface area contributed by atoms with Gasteiger partial charge in [-0.2, -0.15) is 0 Å². The van der Waals surface area contributed by atoms with Crippen LogP contribution in [0.25, 0.3) is 0 Å². The van der Waals surface area contributed by atoms with E-state index in [2.05, 4.69) is 38.4 Å². The lowest BCUT2D eigenvalue weighted by Crippen LogP contribution is -2.54. The number of likely N-dealkylation sites (N-methyl/N-ethyl adjacent to an activating group) is 1. The number of hydrogen-bond acceptors (Lipinski definition) is 1. The Kier molecular flexibility index (Phi) is 1.82. The van der Waals surface area contributed by atoms with E-state index in [-0.39, 0.29) is 6.04 Å². The molecular weight excluding hydrogens is 222 g/mol. The highest BCUT2D eigenvalue weighted by Gasteiger charge is 2.63. The van der Waals surface area contributed by atoms with E-state index in [0.29, 0.717) is 23.7 Å². The smallest absolute Gasteiger partial charge is 0.220 e. The van der Waals surface area contributed by atoms with Gasteiger partial charge in [0, 0.05) is 23.0 Å². The van der Waals surface area contributed by atoms with Gasteiger partial charge in [0.1, 0.15) is 6.04 Å². The van der Waals surface area contributed by atoms with Gasteiger partial charge in [-0.1, -0.05) is 36.4 Å². The number of carbonyl (C=O) groups is 1. The molecule has 2 bridgehead atoms. The van der Waals surface area contributed by atoms with Gasteiger partial charge in [-0.15, -0.1) is 0 Å². The molecule has 2 nitrogen and oxygen atoms in total. The third-order valence-electron chi connectivity index (χ3n) is 5.28. The van der Waals surface area contributed by atoms with Crippen molar-refractivity contribution >= 4 is 5.78 Å². The van der Waals surface area contributed by atoms with Crippen molar-refractivity contribution < 1.29 is 9.28 Å². The van der Waals surface area contributed by atoms with Gasteiger partial charge in [-0.3, -0.25) is 4.79 Å². The highest BCUT2D eigenvalue weighted by atomic mass is 16.1. The molecule has 1 aliphatic carbocycles. The van der Waals surface area contributed by atoms with Crippen molar-refractivity contribution in [2.45, 2.75) is 18.5 Å². The van der Waals surface area contributed by atoms with E-state index in [9.17, 15) is 4.79 Å². The minimum absolute atomic E-state index is 0.157. The van der Waals surface area contributed by atoms with Crippen molar-refractivity contribution in [2.24, 2.45) is 11.8 Å². The van der Waals surface area contributed by atoms with E-state index in [1.54, 1.807) is 0 Å². The summed E-state index contributed by atoms with van der Waals surface area (Å²) in [5, 5.41) is 0. The molecular formula is C16H18NO+. The van der Waals surface area contributed by atoms with Gasteiger partial charge in [0.05, 0.1) is 14.1 Å². The van der Waals surface area contributed by atoms with Gasteiger partial charge in [0.15, 0.2) is 6.04 Å². The molecule has 18 heavy (non-hydrogen) atoms. The second-order valence-corrected chi connectivity index (χ2v) is 6.38. The molecule has 1 aromatic carbocycles. The van der Waals surface area contributed by atoms with Crippen molar-refractivity contribution in [3.8, 4) is 0 Å². The lowest BCUT2D eigenvalue weighted by molar-refractivity contribution is -0.926. The van der Waals surface area contributed by atoms with Crippen molar-refractivity contribution in [3.05, 3.63) is 47.5 Å². The molecule has 4 atom stereocenters. The predicted octanol–water partition coefficient (Wildman–Crippen LogP) is 2.57. The molecule has 0 aromatic heterocycles. The lowest BCUT2D eigenvalue weighted by atomic mass is 9.88. The van der Waals surface area contributed by atoms with E-state index >= 15 is 0 Å². The Morgan fingerprint density at radius 3 is 2.78 bits per heavy atom. The molecule has 2 unspecified atom stereocenters. The lowest BCUT2D eigenvalue weighted by Gasteiger charge is -2.42. The number of nitrogens with zero attached hydrogens (tertiary/aromatic N) is 1. The Morgan fingerprint density at radius 1 is 1.17 bits per heavy atom. The number of rotatable bonds is 0. The largest absolute Gasteiger partial charge is 0.313 e. The summed E-state index contributed by atoms with van der Waals surface area (Å²) in [5.41, 5.74) is 2.25. The minimum atomic E-state index is 0.157. The maximum atomic E-state index is 12.8. The summed E-state index contributed by atoms with van der Waals surface area (Å²) in [6.07, 6.45) is 5.70. The van der Waals surface area contributed by atoms with Crippen LogP contribution < -0.4 is 0 Å². The molecule has 4 rings (SSSR count). The number of quaternary nitrogens is 1. The number of Topliss-reactive ketones (excluding diaryl/α,β-unsaturated/α-hetero) is 1. The Hall–Kier alpha value is -1.41. The fourth-order valence-electron chi connectivity index (χ4n) is 4.68. The van der Waals surface area contributed by atoms with Crippen LogP contribution in [0, 0.1) is 11.8 Å². The molecule has 92 valence electrons. The molecule has 0 radical (unpaired) electrons. The second kappa shape index (κ2) is 3.12. The fourth-order valence-corrected chi connectivity index (χ4v) is 4.68. The third kappa shape index (κ3) is 1.01. The van der Waals surface area contributed by atoms with Gasteiger partial charge in [0.25, 0.3) is 0 Å². The van der Waals surface area contributed by atoms with Crippen LogP contribution in [-0.4, -0.2) is 30.4 Å². The molecule has 0 amide bonds. The van der Waals surface area contributed by atoms with Gasteiger partial charge in [-0.05, 0) is 6.42 Å². The zero-order valence-corrected chi connectivity index (χ0v) is 10.8. The highest BCUT2D eigenvalue weighted by Crippen LogP contribution is 2.56. The molecule has 0 spiro atoms. The van der Waals surface area contributed by atoms with Crippen LogP contribution in [0.15, 0.2) is 36.4 Å². The summed E-state index contributed by atoms with van der Waals surface area (Å²) in [6, 6.07) is 8.85. The van der Waals surface area contributed by atoms with E-state index in [1.807, 2.05) is 12.1 Å². The van der Waals surface area contributed by atoms with Crippen molar-refractivity contribution in [1.82, 2.24) is 0 Å². The molecule has 0 N–H and O–H groups in total. The first kappa shape index (κ1) is 10.5. The molecule has 1 saturated heterocycles. The average Bonchev–Trinajstić information content (AvgIpc) is 2.82. The monoisotopic (exact) mass is 240 g/mol. The summed E-state index contributed by atoms with van der Waals surface area (Å²) in [7, 11) is 4.46. The van der Waals surface area contributed by atoms with Gasteiger partial charge < -0.3 is 4.48 Å². The van der Waals surface area contributed by atoms with Crippen LogP contribution in [0.1, 0.15) is 28.4 Å². The summed E-state index contributed by atoms with van der Waals surface area (Å²) in [6.45, 7) is 0. The summed E-state index contributed by atoms with van der Waals surface area (Å²) < 4.78 is 0.843. The van der Waals surface area contributed by atoms with Crippen LogP contribution in [0.3, 0.4) is 0 Å². The number of hydrogen-bond donors (Lipinski definition) is 0. The topological polar surface area (TPSA) is 17.1 Å². The number of allylic oxidation sites excluding steroid dienone is 1. The molecule has 2 aliphatic heterocycles. The van der Waals surface area contributed by atoms with Crippen LogP contribution in [0.2, 0.25) is 0 Å². The first-order valence-electron chi connectivity index (χ1n) is 6.75. The van der Waals surface area contributed by atoms with Crippen LogP contribution in [0.4, 0.5) is 0 Å². The average molecular weight is 240 g/mol. The van der Waals surface area contributed by atoms with Gasteiger partial charge in [-0.25, -0.2) is 0 Å². The number of benzene rings is 1. The highest BCUT2D eigenvalue weighted by molar-refractivity contribution is 6.02. The number of ketones is 1. The summed E-state index contributed by atoms with van der Waals surface area (Å²) in [4.78, 5) is 12.8. The maximum absolute atomic E-state index is 12.8. The molecule has 2 heteroatoms. The van der Waals surface area contributed by atoms with Crippen molar-refractivity contribution in [3.63, 3.8) is 0 Å². The summed E-state index contributed by atoms with van der Waals surface area (Å²) in [5.74, 6) is 1.44. The van der Waals surface area contributed by atoms with Crippen LogP contribution >= 0.6 is 0 Å². The number of carbonyl (C=O) groups excluding carboxylic acids is 1. The Morgan fingerprint density at radius 2 is 1.94 bits per heavy atom. The quantitative estimate of drug-likeness (QED) is 0.503.